The van der Waals surface area contributed by atoms with Gasteiger partial charge in [0.1, 0.15) is 18.4 Å². The van der Waals surface area contributed by atoms with E-state index in [0.717, 1.165) is 17.4 Å². The van der Waals surface area contributed by atoms with Gasteiger partial charge in [0.2, 0.25) is 10.0 Å². The molecule has 1 aliphatic rings. The molecule has 28 heavy (non-hydrogen) atoms. The summed E-state index contributed by atoms with van der Waals surface area (Å²) in [6.07, 6.45) is 3.07. The lowest BCUT2D eigenvalue weighted by molar-refractivity contribution is -0.120. The predicted octanol–water partition coefficient (Wildman–Crippen LogP) is 2.62. The zero-order valence-corrected chi connectivity index (χ0v) is 16.5. The van der Waals surface area contributed by atoms with Gasteiger partial charge >= 0.3 is 0 Å². The molecule has 3 atom stereocenters. The number of nitrogens with one attached hydrogen (secondary N) is 1. The van der Waals surface area contributed by atoms with Crippen molar-refractivity contribution in [1.82, 2.24) is 4.72 Å². The third-order valence-electron chi connectivity index (χ3n) is 4.17. The fraction of sp³-hybridized carbons (Fsp3) is 0.333. The van der Waals surface area contributed by atoms with E-state index in [9.17, 15) is 8.42 Å². The Kier molecular flexibility index (Phi) is 7.36. The van der Waals surface area contributed by atoms with Crippen molar-refractivity contribution in [2.24, 2.45) is 0 Å². The van der Waals surface area contributed by atoms with E-state index in [0.29, 0.717) is 13.2 Å². The average molecular weight is 404 g/mol. The van der Waals surface area contributed by atoms with E-state index in [2.05, 4.69) is 4.72 Å². The lowest BCUT2D eigenvalue weighted by Gasteiger charge is -2.32. The summed E-state index contributed by atoms with van der Waals surface area (Å²) in [5, 5.41) is 0. The first-order valence-corrected chi connectivity index (χ1v) is 11.0. The van der Waals surface area contributed by atoms with Crippen molar-refractivity contribution in [3.05, 3.63) is 83.9 Å². The number of hydrogen-bond acceptors (Lipinski definition) is 5. The fourth-order valence-corrected chi connectivity index (χ4v) is 3.41. The number of ether oxygens (including phenoxy) is 3. The van der Waals surface area contributed by atoms with E-state index < -0.39 is 22.4 Å². The molecule has 0 fully saturated rings. The third-order valence-corrected chi connectivity index (χ3v) is 4.83. The summed E-state index contributed by atoms with van der Waals surface area (Å²) in [5.74, 6) is 0. The van der Waals surface area contributed by atoms with Crippen molar-refractivity contribution in [2.75, 3.05) is 12.9 Å². The van der Waals surface area contributed by atoms with Crippen molar-refractivity contribution < 1.29 is 22.6 Å². The number of sulfonamides is 1. The van der Waals surface area contributed by atoms with Gasteiger partial charge in [-0.05, 0) is 17.2 Å². The zero-order valence-electron chi connectivity index (χ0n) is 15.7. The Bertz CT molecular complexity index is 855. The van der Waals surface area contributed by atoms with Crippen LogP contribution in [0.3, 0.4) is 0 Å². The van der Waals surface area contributed by atoms with Crippen LogP contribution in [0.25, 0.3) is 0 Å². The van der Waals surface area contributed by atoms with Crippen molar-refractivity contribution >= 4 is 10.0 Å². The highest BCUT2D eigenvalue weighted by Crippen LogP contribution is 2.18. The van der Waals surface area contributed by atoms with Crippen LogP contribution in [0.1, 0.15) is 11.1 Å². The Morgan fingerprint density at radius 2 is 1.54 bits per heavy atom. The van der Waals surface area contributed by atoms with Gasteiger partial charge in [-0.15, -0.1) is 0 Å². The van der Waals surface area contributed by atoms with E-state index >= 15 is 0 Å². The Morgan fingerprint density at radius 1 is 0.929 bits per heavy atom. The van der Waals surface area contributed by atoms with Crippen molar-refractivity contribution in [2.45, 2.75) is 31.6 Å². The smallest absolute Gasteiger partial charge is 0.211 e. The first kappa shape index (κ1) is 20.7. The largest absolute Gasteiger partial charge is 0.374 e. The lowest BCUT2D eigenvalue weighted by atomic mass is 10.1. The minimum atomic E-state index is -3.39. The van der Waals surface area contributed by atoms with Crippen molar-refractivity contribution in [3.63, 3.8) is 0 Å². The molecule has 2 aromatic rings. The molecule has 0 aliphatic carbocycles. The summed E-state index contributed by atoms with van der Waals surface area (Å²) in [4.78, 5) is 0. The summed E-state index contributed by atoms with van der Waals surface area (Å²) >= 11 is 0. The van der Waals surface area contributed by atoms with Crippen LogP contribution < -0.4 is 4.72 Å². The Labute approximate surface area is 166 Å². The minimum Gasteiger partial charge on any atom is -0.374 e. The lowest BCUT2D eigenvalue weighted by Crippen LogP contribution is -2.46. The third kappa shape index (κ3) is 6.85. The molecule has 1 heterocycles. The van der Waals surface area contributed by atoms with E-state index in [-0.39, 0.29) is 12.7 Å². The van der Waals surface area contributed by atoms with Crippen LogP contribution in [0, 0.1) is 0 Å². The summed E-state index contributed by atoms with van der Waals surface area (Å²) < 4.78 is 43.1. The number of hydrogen-bond donors (Lipinski definition) is 1. The molecular weight excluding hydrogens is 378 g/mol. The summed E-state index contributed by atoms with van der Waals surface area (Å²) in [5.41, 5.74) is 2.11. The standard InChI is InChI=1S/C21H25NO5S/c1-28(23,24)22-21-13-12-19(26-15-18-10-6-3-7-11-18)20(27-21)16-25-14-17-8-4-2-5-9-17/h2-13,19-22H,14-16H2,1H3/t19-,20+,21?/m0/s1. The van der Waals surface area contributed by atoms with E-state index in [1.807, 2.05) is 66.7 Å². The van der Waals surface area contributed by atoms with Crippen LogP contribution in [0.4, 0.5) is 0 Å². The highest BCUT2D eigenvalue weighted by atomic mass is 32.2. The van der Waals surface area contributed by atoms with Gasteiger partial charge in [0, 0.05) is 0 Å². The van der Waals surface area contributed by atoms with Gasteiger partial charge in [0.25, 0.3) is 0 Å². The molecule has 0 saturated heterocycles. The van der Waals surface area contributed by atoms with E-state index in [1.54, 1.807) is 6.08 Å². The molecule has 3 rings (SSSR count). The highest BCUT2D eigenvalue weighted by Gasteiger charge is 2.29. The van der Waals surface area contributed by atoms with Crippen molar-refractivity contribution in [3.8, 4) is 0 Å². The van der Waals surface area contributed by atoms with Gasteiger partial charge in [-0.2, -0.15) is 4.72 Å². The zero-order chi connectivity index (χ0) is 19.8. The average Bonchev–Trinajstić information content (AvgIpc) is 2.68. The fourth-order valence-electron chi connectivity index (χ4n) is 2.85. The maximum Gasteiger partial charge on any atom is 0.211 e. The molecule has 1 aliphatic heterocycles. The van der Waals surface area contributed by atoms with Crippen LogP contribution in [0.15, 0.2) is 72.8 Å². The molecular formula is C21H25NO5S. The molecule has 0 saturated carbocycles. The van der Waals surface area contributed by atoms with Gasteiger partial charge in [0.05, 0.1) is 26.1 Å². The molecule has 0 radical (unpaired) electrons. The van der Waals surface area contributed by atoms with Gasteiger partial charge in [0.15, 0.2) is 0 Å². The summed E-state index contributed by atoms with van der Waals surface area (Å²) in [6.45, 7) is 1.15. The second kappa shape index (κ2) is 9.95. The van der Waals surface area contributed by atoms with Crippen LogP contribution in [0.5, 0.6) is 0 Å². The molecule has 1 unspecified atom stereocenters. The molecule has 7 heteroatoms. The van der Waals surface area contributed by atoms with Crippen LogP contribution in [-0.2, 0) is 37.4 Å². The molecule has 0 aromatic heterocycles. The highest BCUT2D eigenvalue weighted by molar-refractivity contribution is 7.88. The maximum atomic E-state index is 11.5. The number of rotatable bonds is 9. The molecule has 150 valence electrons. The molecule has 0 spiro atoms. The van der Waals surface area contributed by atoms with Gasteiger partial charge in [-0.3, -0.25) is 0 Å². The maximum absolute atomic E-state index is 11.5. The quantitative estimate of drug-likeness (QED) is 0.652. The molecule has 6 nitrogen and oxygen atoms in total. The monoisotopic (exact) mass is 403 g/mol. The first-order chi connectivity index (χ1) is 13.5. The molecule has 1 N–H and O–H groups in total. The first-order valence-electron chi connectivity index (χ1n) is 9.08. The number of benzene rings is 2. The second-order valence-corrected chi connectivity index (χ2v) is 8.41. The van der Waals surface area contributed by atoms with Gasteiger partial charge in [-0.1, -0.05) is 66.7 Å². The van der Waals surface area contributed by atoms with Crippen LogP contribution in [-0.4, -0.2) is 39.7 Å². The predicted molar refractivity (Wildman–Crippen MR) is 107 cm³/mol. The van der Waals surface area contributed by atoms with Gasteiger partial charge < -0.3 is 14.2 Å². The van der Waals surface area contributed by atoms with Crippen molar-refractivity contribution in [1.29, 1.82) is 0 Å². The molecule has 0 amide bonds. The van der Waals surface area contributed by atoms with E-state index in [4.69, 9.17) is 14.2 Å². The summed E-state index contributed by atoms with van der Waals surface area (Å²) in [7, 11) is -3.39. The Morgan fingerprint density at radius 3 is 2.14 bits per heavy atom. The van der Waals surface area contributed by atoms with Crippen LogP contribution >= 0.6 is 0 Å². The minimum absolute atomic E-state index is 0.278. The van der Waals surface area contributed by atoms with Gasteiger partial charge in [-0.25, -0.2) is 8.42 Å². The normalized spacial score (nSPS) is 22.2. The van der Waals surface area contributed by atoms with Crippen LogP contribution in [0.2, 0.25) is 0 Å². The topological polar surface area (TPSA) is 73.9 Å². The molecule has 0 bridgehead atoms. The van der Waals surface area contributed by atoms with E-state index in [1.165, 1.54) is 0 Å². The summed E-state index contributed by atoms with van der Waals surface area (Å²) in [6, 6.07) is 19.7. The SMILES string of the molecule is CS(=O)(=O)NC1C=C[C@H](OCc2ccccc2)[C@@H](COCc2ccccc2)O1. The Balaban J connectivity index is 1.61. The second-order valence-electron chi connectivity index (χ2n) is 6.63. The molecule has 2 aromatic carbocycles. The Hall–Kier alpha value is -2.03.